The topological polar surface area (TPSA) is 60.2 Å². The van der Waals surface area contributed by atoms with Crippen molar-refractivity contribution >= 4 is 0 Å². The summed E-state index contributed by atoms with van der Waals surface area (Å²) >= 11 is 0. The fourth-order valence-electron chi connectivity index (χ4n) is 1.59. The Morgan fingerprint density at radius 2 is 2.17 bits per heavy atom. The zero-order chi connectivity index (χ0) is 13.1. The summed E-state index contributed by atoms with van der Waals surface area (Å²) < 4.78 is 7.53. The van der Waals surface area contributed by atoms with Gasteiger partial charge in [-0.2, -0.15) is 0 Å². The molecule has 1 aromatic carbocycles. The molecule has 1 aromatic heterocycles. The Hall–Kier alpha value is -1.88. The van der Waals surface area contributed by atoms with Gasteiger partial charge < -0.3 is 14.4 Å². The first-order chi connectivity index (χ1) is 8.58. The molecule has 0 aliphatic rings. The number of hydrogen-bond donors (Lipinski definition) is 1. The first-order valence-electron chi connectivity index (χ1n) is 5.83. The molecular weight excluding hydrogens is 230 g/mol. The Kier molecular flexibility index (Phi) is 3.62. The molecule has 0 saturated heterocycles. The summed E-state index contributed by atoms with van der Waals surface area (Å²) in [6, 6.07) is 7.41. The molecule has 0 amide bonds. The maximum Gasteiger partial charge on any atom is 0.170 e. The van der Waals surface area contributed by atoms with Gasteiger partial charge in [-0.15, -0.1) is 10.2 Å². The average molecular weight is 247 g/mol. The minimum atomic E-state index is -0.495. The predicted molar refractivity (Wildman–Crippen MR) is 67.1 cm³/mol. The Labute approximate surface area is 106 Å². The van der Waals surface area contributed by atoms with E-state index >= 15 is 0 Å². The number of rotatable bonds is 4. The second-order valence-corrected chi connectivity index (χ2v) is 4.26. The van der Waals surface area contributed by atoms with E-state index in [4.69, 9.17) is 4.74 Å². The van der Waals surface area contributed by atoms with Crippen LogP contribution < -0.4 is 4.74 Å². The van der Waals surface area contributed by atoms with E-state index in [-0.39, 0.29) is 0 Å². The van der Waals surface area contributed by atoms with Crippen LogP contribution in [0.4, 0.5) is 0 Å². The summed E-state index contributed by atoms with van der Waals surface area (Å²) in [5.74, 6) is 2.34. The van der Waals surface area contributed by atoms with E-state index in [0.717, 1.165) is 17.2 Å². The smallest absolute Gasteiger partial charge is 0.170 e. The first-order valence-corrected chi connectivity index (χ1v) is 5.83. The molecule has 96 valence electrons. The van der Waals surface area contributed by atoms with Gasteiger partial charge >= 0.3 is 0 Å². The van der Waals surface area contributed by atoms with Crippen LogP contribution in [0.2, 0.25) is 0 Å². The van der Waals surface area contributed by atoms with Crippen LogP contribution in [0.5, 0.6) is 5.75 Å². The van der Waals surface area contributed by atoms with Gasteiger partial charge in [-0.3, -0.25) is 0 Å². The van der Waals surface area contributed by atoms with Crippen LogP contribution in [-0.4, -0.2) is 19.9 Å². The standard InChI is InChI=1S/C13H17N3O2/c1-9(17)11-5-4-6-12(7-11)18-8-13-15-14-10(2)16(13)3/h4-7,9,17H,8H2,1-3H3/t9-/m0/s1. The van der Waals surface area contributed by atoms with Crippen LogP contribution in [0.15, 0.2) is 24.3 Å². The molecule has 0 saturated carbocycles. The molecule has 2 aromatic rings. The van der Waals surface area contributed by atoms with Crippen LogP contribution in [0, 0.1) is 6.92 Å². The Morgan fingerprint density at radius 3 is 2.78 bits per heavy atom. The highest BCUT2D eigenvalue weighted by Crippen LogP contribution is 2.19. The Bertz CT molecular complexity index is 535. The van der Waals surface area contributed by atoms with Crippen molar-refractivity contribution in [3.8, 4) is 5.75 Å². The molecule has 1 atom stereocenters. The Morgan fingerprint density at radius 1 is 1.39 bits per heavy atom. The third-order valence-electron chi connectivity index (χ3n) is 2.89. The van der Waals surface area contributed by atoms with Gasteiger partial charge in [0.2, 0.25) is 0 Å². The van der Waals surface area contributed by atoms with Gasteiger partial charge in [0.25, 0.3) is 0 Å². The maximum absolute atomic E-state index is 9.50. The third-order valence-corrected chi connectivity index (χ3v) is 2.89. The lowest BCUT2D eigenvalue weighted by Crippen LogP contribution is -2.04. The van der Waals surface area contributed by atoms with Crippen molar-refractivity contribution in [1.29, 1.82) is 0 Å². The summed E-state index contributed by atoms with van der Waals surface area (Å²) in [5.41, 5.74) is 0.835. The molecule has 0 aliphatic carbocycles. The molecule has 5 heteroatoms. The minimum absolute atomic E-state index is 0.362. The van der Waals surface area contributed by atoms with Crippen LogP contribution in [0.25, 0.3) is 0 Å². The summed E-state index contributed by atoms with van der Waals surface area (Å²) in [4.78, 5) is 0. The van der Waals surface area contributed by atoms with E-state index in [2.05, 4.69) is 10.2 Å². The number of aliphatic hydroxyl groups is 1. The van der Waals surface area contributed by atoms with Gasteiger partial charge in [0.15, 0.2) is 5.82 Å². The van der Waals surface area contributed by atoms with Crippen molar-refractivity contribution in [2.75, 3.05) is 0 Å². The van der Waals surface area contributed by atoms with Gasteiger partial charge in [0.1, 0.15) is 18.2 Å². The molecule has 5 nitrogen and oxygen atoms in total. The normalized spacial score (nSPS) is 12.4. The quantitative estimate of drug-likeness (QED) is 0.894. The van der Waals surface area contributed by atoms with Gasteiger partial charge in [-0.1, -0.05) is 12.1 Å². The largest absolute Gasteiger partial charge is 0.486 e. The van der Waals surface area contributed by atoms with E-state index in [0.29, 0.717) is 12.4 Å². The predicted octanol–water partition coefficient (Wildman–Crippen LogP) is 1.76. The molecule has 0 bridgehead atoms. The van der Waals surface area contributed by atoms with Crippen molar-refractivity contribution in [3.63, 3.8) is 0 Å². The molecule has 0 fully saturated rings. The van der Waals surface area contributed by atoms with Crippen LogP contribution in [0.1, 0.15) is 30.2 Å². The van der Waals surface area contributed by atoms with E-state index in [1.807, 2.05) is 42.8 Å². The lowest BCUT2D eigenvalue weighted by molar-refractivity contribution is 0.198. The highest BCUT2D eigenvalue weighted by Gasteiger charge is 2.06. The number of ether oxygens (including phenoxy) is 1. The molecule has 18 heavy (non-hydrogen) atoms. The van der Waals surface area contributed by atoms with Gasteiger partial charge in [0.05, 0.1) is 6.10 Å². The third kappa shape index (κ3) is 2.68. The van der Waals surface area contributed by atoms with Crippen LogP contribution in [-0.2, 0) is 13.7 Å². The number of nitrogens with zero attached hydrogens (tertiary/aromatic N) is 3. The number of aryl methyl sites for hydroxylation is 1. The molecule has 1 heterocycles. The van der Waals surface area contributed by atoms with Crippen molar-refractivity contribution in [2.45, 2.75) is 26.6 Å². The van der Waals surface area contributed by atoms with E-state index in [1.54, 1.807) is 6.92 Å². The fraction of sp³-hybridized carbons (Fsp3) is 0.385. The molecule has 0 aliphatic heterocycles. The molecule has 2 rings (SSSR count). The second-order valence-electron chi connectivity index (χ2n) is 4.26. The molecular formula is C13H17N3O2. The van der Waals surface area contributed by atoms with E-state index in [1.165, 1.54) is 0 Å². The highest BCUT2D eigenvalue weighted by molar-refractivity contribution is 5.29. The van der Waals surface area contributed by atoms with Gasteiger partial charge in [0, 0.05) is 7.05 Å². The molecule has 0 radical (unpaired) electrons. The number of aromatic nitrogens is 3. The summed E-state index contributed by atoms with van der Waals surface area (Å²) in [5, 5.41) is 17.5. The number of aliphatic hydroxyl groups excluding tert-OH is 1. The monoisotopic (exact) mass is 247 g/mol. The number of benzene rings is 1. The molecule has 0 spiro atoms. The number of hydrogen-bond acceptors (Lipinski definition) is 4. The Balaban J connectivity index is 2.06. The van der Waals surface area contributed by atoms with Crippen molar-refractivity contribution in [3.05, 3.63) is 41.5 Å². The highest BCUT2D eigenvalue weighted by atomic mass is 16.5. The summed E-state index contributed by atoms with van der Waals surface area (Å²) in [7, 11) is 1.90. The summed E-state index contributed by atoms with van der Waals surface area (Å²) in [6.45, 7) is 3.98. The lowest BCUT2D eigenvalue weighted by atomic mass is 10.1. The van der Waals surface area contributed by atoms with Crippen molar-refractivity contribution in [1.82, 2.24) is 14.8 Å². The van der Waals surface area contributed by atoms with E-state index in [9.17, 15) is 5.11 Å². The second kappa shape index (κ2) is 5.18. The molecule has 1 N–H and O–H groups in total. The fourth-order valence-corrected chi connectivity index (χ4v) is 1.59. The first kappa shape index (κ1) is 12.6. The van der Waals surface area contributed by atoms with E-state index < -0.39 is 6.10 Å². The summed E-state index contributed by atoms with van der Waals surface area (Å²) in [6.07, 6.45) is -0.495. The molecule has 0 unspecified atom stereocenters. The van der Waals surface area contributed by atoms with Crippen molar-refractivity contribution in [2.24, 2.45) is 7.05 Å². The van der Waals surface area contributed by atoms with Crippen molar-refractivity contribution < 1.29 is 9.84 Å². The zero-order valence-electron chi connectivity index (χ0n) is 10.8. The van der Waals surface area contributed by atoms with Gasteiger partial charge in [-0.25, -0.2) is 0 Å². The average Bonchev–Trinajstić information content (AvgIpc) is 2.68. The SMILES string of the molecule is Cc1nnc(COc2cccc([C@H](C)O)c2)n1C. The maximum atomic E-state index is 9.50. The minimum Gasteiger partial charge on any atom is -0.486 e. The lowest BCUT2D eigenvalue weighted by Gasteiger charge is -2.09. The van der Waals surface area contributed by atoms with Crippen LogP contribution >= 0.6 is 0 Å². The van der Waals surface area contributed by atoms with Gasteiger partial charge in [-0.05, 0) is 31.5 Å². The van der Waals surface area contributed by atoms with Crippen LogP contribution in [0.3, 0.4) is 0 Å². The zero-order valence-corrected chi connectivity index (χ0v) is 10.8.